The molecule has 8 heteroatoms. The predicted octanol–water partition coefficient (Wildman–Crippen LogP) is 3.01. The van der Waals surface area contributed by atoms with Crippen LogP contribution in [0.4, 0.5) is 13.2 Å². The van der Waals surface area contributed by atoms with Crippen molar-refractivity contribution in [1.82, 2.24) is 9.80 Å². The van der Waals surface area contributed by atoms with Crippen LogP contribution in [0.5, 0.6) is 5.75 Å². The lowest BCUT2D eigenvalue weighted by Crippen LogP contribution is -2.50. The second kappa shape index (κ2) is 7.30. The van der Waals surface area contributed by atoms with Crippen molar-refractivity contribution in [3.8, 4) is 5.75 Å². The van der Waals surface area contributed by atoms with Crippen LogP contribution >= 0.6 is 0 Å². The largest absolute Gasteiger partial charge is 0.508 e. The van der Waals surface area contributed by atoms with Crippen molar-refractivity contribution in [3.63, 3.8) is 0 Å². The molecule has 0 aromatic heterocycles. The van der Waals surface area contributed by atoms with Crippen LogP contribution in [0.2, 0.25) is 0 Å². The van der Waals surface area contributed by atoms with E-state index in [1.165, 1.54) is 34.1 Å². The molecule has 0 radical (unpaired) electrons. The van der Waals surface area contributed by atoms with Gasteiger partial charge >= 0.3 is 6.18 Å². The summed E-state index contributed by atoms with van der Waals surface area (Å²) in [6, 6.07) is 10.6. The van der Waals surface area contributed by atoms with Gasteiger partial charge in [-0.2, -0.15) is 13.2 Å². The lowest BCUT2D eigenvalue weighted by Gasteiger charge is -2.35. The fourth-order valence-corrected chi connectivity index (χ4v) is 3.02. The molecule has 3 rings (SSSR count). The molecule has 0 atom stereocenters. The van der Waals surface area contributed by atoms with Crippen molar-refractivity contribution in [2.75, 3.05) is 26.2 Å². The fourth-order valence-electron chi connectivity index (χ4n) is 3.02. The van der Waals surface area contributed by atoms with Crippen LogP contribution in [0.1, 0.15) is 26.3 Å². The molecule has 1 N–H and O–H groups in total. The summed E-state index contributed by atoms with van der Waals surface area (Å²) in [6.45, 7) is 0.675. The molecule has 0 bridgehead atoms. The molecular formula is C19H17F3N2O3. The molecule has 27 heavy (non-hydrogen) atoms. The molecule has 1 aliphatic heterocycles. The first-order chi connectivity index (χ1) is 12.8. The van der Waals surface area contributed by atoms with E-state index in [2.05, 4.69) is 0 Å². The van der Waals surface area contributed by atoms with Gasteiger partial charge in [0.05, 0.1) is 11.1 Å². The van der Waals surface area contributed by atoms with Gasteiger partial charge in [0, 0.05) is 31.7 Å². The van der Waals surface area contributed by atoms with Crippen LogP contribution < -0.4 is 0 Å². The maximum atomic E-state index is 13.1. The number of benzene rings is 2. The third-order valence-electron chi connectivity index (χ3n) is 4.41. The number of alkyl halides is 3. The van der Waals surface area contributed by atoms with Crippen LogP contribution in [-0.2, 0) is 6.18 Å². The molecule has 1 aliphatic rings. The number of amides is 2. The zero-order valence-corrected chi connectivity index (χ0v) is 14.2. The van der Waals surface area contributed by atoms with Crippen LogP contribution in [0.3, 0.4) is 0 Å². The Morgan fingerprint density at radius 2 is 1.44 bits per heavy atom. The van der Waals surface area contributed by atoms with E-state index >= 15 is 0 Å². The number of carbonyl (C=O) groups is 2. The molecule has 0 spiro atoms. The Labute approximate surface area is 153 Å². The van der Waals surface area contributed by atoms with Gasteiger partial charge in [-0.05, 0) is 30.3 Å². The van der Waals surface area contributed by atoms with E-state index < -0.39 is 23.2 Å². The molecule has 2 aromatic rings. The number of hydrogen-bond donors (Lipinski definition) is 1. The number of nitrogens with zero attached hydrogens (tertiary/aromatic N) is 2. The summed E-state index contributed by atoms with van der Waals surface area (Å²) >= 11 is 0. The highest BCUT2D eigenvalue weighted by Crippen LogP contribution is 2.32. The summed E-state index contributed by atoms with van der Waals surface area (Å²) in [6.07, 6.45) is -4.61. The Hall–Kier alpha value is -3.03. The van der Waals surface area contributed by atoms with Gasteiger partial charge in [-0.15, -0.1) is 0 Å². The Morgan fingerprint density at radius 1 is 0.852 bits per heavy atom. The van der Waals surface area contributed by atoms with E-state index in [4.69, 9.17) is 0 Å². The maximum Gasteiger partial charge on any atom is 0.417 e. The number of phenols is 1. The second-order valence-electron chi connectivity index (χ2n) is 6.18. The Morgan fingerprint density at radius 3 is 2.04 bits per heavy atom. The van der Waals surface area contributed by atoms with Gasteiger partial charge in [-0.25, -0.2) is 0 Å². The minimum atomic E-state index is -4.61. The van der Waals surface area contributed by atoms with Gasteiger partial charge in [0.1, 0.15) is 5.75 Å². The highest BCUT2D eigenvalue weighted by molar-refractivity contribution is 5.97. The van der Waals surface area contributed by atoms with Crippen molar-refractivity contribution < 1.29 is 27.9 Å². The minimum Gasteiger partial charge on any atom is -0.508 e. The summed E-state index contributed by atoms with van der Waals surface area (Å²) < 4.78 is 39.4. The van der Waals surface area contributed by atoms with Gasteiger partial charge in [0.25, 0.3) is 11.8 Å². The number of aromatic hydroxyl groups is 1. The molecule has 142 valence electrons. The Kier molecular flexibility index (Phi) is 5.07. The number of halogens is 3. The predicted molar refractivity (Wildman–Crippen MR) is 91.4 cm³/mol. The van der Waals surface area contributed by atoms with Gasteiger partial charge in [0.15, 0.2) is 0 Å². The summed E-state index contributed by atoms with van der Waals surface area (Å²) in [5.41, 5.74) is -1.04. The third-order valence-corrected chi connectivity index (χ3v) is 4.41. The maximum absolute atomic E-state index is 13.1. The van der Waals surface area contributed by atoms with Crippen molar-refractivity contribution >= 4 is 11.8 Å². The highest BCUT2D eigenvalue weighted by atomic mass is 19.4. The van der Waals surface area contributed by atoms with Crippen LogP contribution in [0.25, 0.3) is 0 Å². The molecule has 5 nitrogen and oxygen atoms in total. The van der Waals surface area contributed by atoms with E-state index in [1.807, 2.05) is 0 Å². The number of phenolic OH excluding ortho intramolecular Hbond substituents is 1. The number of hydrogen-bond acceptors (Lipinski definition) is 3. The summed E-state index contributed by atoms with van der Waals surface area (Å²) in [4.78, 5) is 27.8. The molecule has 1 saturated heterocycles. The molecule has 1 heterocycles. The Bertz CT molecular complexity index is 859. The second-order valence-corrected chi connectivity index (χ2v) is 6.18. The van der Waals surface area contributed by atoms with E-state index in [1.54, 1.807) is 12.1 Å². The molecule has 1 fully saturated rings. The average Bonchev–Trinajstić information content (AvgIpc) is 2.66. The van der Waals surface area contributed by atoms with E-state index in [0.29, 0.717) is 5.56 Å². The first kappa shape index (κ1) is 18.8. The Balaban J connectivity index is 1.69. The van der Waals surface area contributed by atoms with Gasteiger partial charge in [-0.3, -0.25) is 9.59 Å². The summed E-state index contributed by atoms with van der Waals surface area (Å²) in [7, 11) is 0. The van der Waals surface area contributed by atoms with E-state index in [0.717, 1.165) is 12.1 Å². The smallest absolute Gasteiger partial charge is 0.417 e. The quantitative estimate of drug-likeness (QED) is 0.874. The highest BCUT2D eigenvalue weighted by Gasteiger charge is 2.36. The monoisotopic (exact) mass is 378 g/mol. The molecular weight excluding hydrogens is 361 g/mol. The van der Waals surface area contributed by atoms with Crippen LogP contribution in [0, 0.1) is 0 Å². The zero-order chi connectivity index (χ0) is 19.6. The normalized spacial score (nSPS) is 14.9. The molecule has 0 saturated carbocycles. The molecule has 0 aliphatic carbocycles. The standard InChI is InChI=1S/C19H17F3N2O3/c20-19(21,22)16-7-2-1-6-15(16)18(27)24-10-8-23(9-11-24)17(26)13-4-3-5-14(25)12-13/h1-7,12,25H,8-11H2. The average molecular weight is 378 g/mol. The fraction of sp³-hybridized carbons (Fsp3) is 0.263. The van der Waals surface area contributed by atoms with Crippen molar-refractivity contribution in [1.29, 1.82) is 0 Å². The zero-order valence-electron chi connectivity index (χ0n) is 14.2. The number of carbonyl (C=O) groups excluding carboxylic acids is 2. The lowest BCUT2D eigenvalue weighted by atomic mass is 10.1. The van der Waals surface area contributed by atoms with Crippen molar-refractivity contribution in [3.05, 3.63) is 65.2 Å². The third kappa shape index (κ3) is 4.05. The van der Waals surface area contributed by atoms with Gasteiger partial charge in [-0.1, -0.05) is 18.2 Å². The number of rotatable bonds is 2. The van der Waals surface area contributed by atoms with Crippen molar-refractivity contribution in [2.45, 2.75) is 6.18 Å². The molecule has 2 aromatic carbocycles. The van der Waals surface area contributed by atoms with E-state index in [9.17, 15) is 27.9 Å². The summed E-state index contributed by atoms with van der Waals surface area (Å²) in [5.74, 6) is -1.03. The molecule has 0 unspecified atom stereocenters. The SMILES string of the molecule is O=C(c1cccc(O)c1)N1CCN(C(=O)c2ccccc2C(F)(F)F)CC1. The van der Waals surface area contributed by atoms with Crippen molar-refractivity contribution in [2.24, 2.45) is 0 Å². The van der Waals surface area contributed by atoms with Crippen LogP contribution in [0.15, 0.2) is 48.5 Å². The van der Waals surface area contributed by atoms with Gasteiger partial charge < -0.3 is 14.9 Å². The lowest BCUT2D eigenvalue weighted by molar-refractivity contribution is -0.138. The summed E-state index contributed by atoms with van der Waals surface area (Å²) in [5, 5.41) is 9.48. The van der Waals surface area contributed by atoms with Gasteiger partial charge in [0.2, 0.25) is 0 Å². The number of piperazine rings is 1. The van der Waals surface area contributed by atoms with Crippen LogP contribution in [-0.4, -0.2) is 52.9 Å². The molecule has 2 amide bonds. The van der Waals surface area contributed by atoms with E-state index in [-0.39, 0.29) is 37.8 Å². The first-order valence-electron chi connectivity index (χ1n) is 8.31. The first-order valence-corrected chi connectivity index (χ1v) is 8.31. The topological polar surface area (TPSA) is 60.9 Å². The minimum absolute atomic E-state index is 0.0292.